The van der Waals surface area contributed by atoms with Crippen LogP contribution in [0.2, 0.25) is 0 Å². The molecule has 0 spiro atoms. The normalized spacial score (nSPS) is 11.4. The highest BCUT2D eigenvalue weighted by molar-refractivity contribution is 5.98. The van der Waals surface area contributed by atoms with Crippen LogP contribution in [0.4, 0.5) is 11.4 Å². The minimum atomic E-state index is -1.25. The molecule has 9 nitrogen and oxygen atoms in total. The highest BCUT2D eigenvalue weighted by Crippen LogP contribution is 2.23. The minimum Gasteiger partial charge on any atom is -0.449 e. The molecule has 0 fully saturated rings. The third kappa shape index (κ3) is 3.83. The summed E-state index contributed by atoms with van der Waals surface area (Å²) in [6.07, 6.45) is 0.0981. The van der Waals surface area contributed by atoms with Crippen LogP contribution >= 0.6 is 0 Å². The van der Waals surface area contributed by atoms with E-state index in [1.807, 2.05) is 0 Å². The van der Waals surface area contributed by atoms with Gasteiger partial charge in [-0.05, 0) is 25.1 Å². The predicted molar refractivity (Wildman–Crippen MR) is 83.7 cm³/mol. The SMILES string of the molecule is C[C@H](OC(=O)c1ccc[nH]c1=O)C(=O)Nc1ccccc1[N+](=O)[O-]. The van der Waals surface area contributed by atoms with Crippen molar-refractivity contribution in [2.75, 3.05) is 5.32 Å². The Hall–Kier alpha value is -3.49. The summed E-state index contributed by atoms with van der Waals surface area (Å²) in [5, 5.41) is 13.2. The lowest BCUT2D eigenvalue weighted by Gasteiger charge is -2.13. The Kier molecular flexibility index (Phi) is 5.05. The van der Waals surface area contributed by atoms with Gasteiger partial charge in [-0.3, -0.25) is 19.7 Å². The van der Waals surface area contributed by atoms with Crippen molar-refractivity contribution in [3.05, 3.63) is 68.6 Å². The summed E-state index contributed by atoms with van der Waals surface area (Å²) in [7, 11) is 0. The van der Waals surface area contributed by atoms with Crippen molar-refractivity contribution >= 4 is 23.3 Å². The van der Waals surface area contributed by atoms with Crippen LogP contribution in [-0.2, 0) is 9.53 Å². The third-order valence-electron chi connectivity index (χ3n) is 3.05. The number of nitrogens with zero attached hydrogens (tertiary/aromatic N) is 1. The van der Waals surface area contributed by atoms with E-state index in [0.29, 0.717) is 0 Å². The van der Waals surface area contributed by atoms with Crippen molar-refractivity contribution in [1.29, 1.82) is 0 Å². The molecule has 0 aliphatic heterocycles. The first-order valence-electron chi connectivity index (χ1n) is 6.83. The van der Waals surface area contributed by atoms with Gasteiger partial charge in [0.25, 0.3) is 17.2 Å². The van der Waals surface area contributed by atoms with Crippen LogP contribution in [-0.4, -0.2) is 27.9 Å². The number of nitrogens with one attached hydrogen (secondary N) is 2. The van der Waals surface area contributed by atoms with E-state index in [2.05, 4.69) is 10.3 Å². The van der Waals surface area contributed by atoms with Crippen molar-refractivity contribution in [3.8, 4) is 0 Å². The Morgan fingerprint density at radius 1 is 1.25 bits per heavy atom. The van der Waals surface area contributed by atoms with Crippen LogP contribution in [0.1, 0.15) is 17.3 Å². The number of rotatable bonds is 5. The Morgan fingerprint density at radius 3 is 2.62 bits per heavy atom. The van der Waals surface area contributed by atoms with Crippen LogP contribution in [0.15, 0.2) is 47.4 Å². The number of hydrogen-bond acceptors (Lipinski definition) is 6. The number of carbonyl (C=O) groups excluding carboxylic acids is 2. The number of ether oxygens (including phenoxy) is 1. The van der Waals surface area contributed by atoms with E-state index in [1.165, 1.54) is 49.5 Å². The first-order chi connectivity index (χ1) is 11.4. The van der Waals surface area contributed by atoms with Crippen molar-refractivity contribution < 1.29 is 19.2 Å². The van der Waals surface area contributed by atoms with E-state index >= 15 is 0 Å². The molecule has 0 aliphatic carbocycles. The molecular formula is C15H13N3O6. The van der Waals surface area contributed by atoms with Gasteiger partial charge < -0.3 is 15.0 Å². The molecule has 2 aromatic rings. The predicted octanol–water partition coefficient (Wildman–Crippen LogP) is 1.47. The zero-order valence-electron chi connectivity index (χ0n) is 12.5. The molecule has 24 heavy (non-hydrogen) atoms. The topological polar surface area (TPSA) is 131 Å². The molecule has 0 saturated heterocycles. The van der Waals surface area contributed by atoms with Gasteiger partial charge in [0.2, 0.25) is 0 Å². The molecule has 1 amide bonds. The average Bonchev–Trinajstić information content (AvgIpc) is 2.55. The summed E-state index contributed by atoms with van der Waals surface area (Å²) in [6, 6.07) is 8.26. The molecule has 2 N–H and O–H groups in total. The van der Waals surface area contributed by atoms with Gasteiger partial charge in [0, 0.05) is 12.3 Å². The number of nitro groups is 1. The number of hydrogen-bond donors (Lipinski definition) is 2. The fourth-order valence-electron chi connectivity index (χ4n) is 1.83. The first-order valence-corrected chi connectivity index (χ1v) is 6.83. The van der Waals surface area contributed by atoms with E-state index in [1.54, 1.807) is 0 Å². The van der Waals surface area contributed by atoms with Gasteiger partial charge in [0.1, 0.15) is 11.3 Å². The molecule has 1 atom stereocenters. The van der Waals surface area contributed by atoms with Crippen molar-refractivity contribution in [1.82, 2.24) is 4.98 Å². The molecule has 1 aromatic carbocycles. The molecule has 0 unspecified atom stereocenters. The second-order valence-electron chi connectivity index (χ2n) is 4.72. The van der Waals surface area contributed by atoms with Crippen molar-refractivity contribution in [2.45, 2.75) is 13.0 Å². The summed E-state index contributed by atoms with van der Waals surface area (Å²) in [5.74, 6) is -1.73. The standard InChI is InChI=1S/C15H13N3O6/c1-9(24-15(21)10-5-4-8-16-14(10)20)13(19)17-11-6-2-3-7-12(11)18(22)23/h2-9H,1H3,(H,16,20)(H,17,19)/t9-/m0/s1. The van der Waals surface area contributed by atoms with E-state index in [0.717, 1.165) is 0 Å². The van der Waals surface area contributed by atoms with Crippen LogP contribution in [0.3, 0.4) is 0 Å². The van der Waals surface area contributed by atoms with Crippen LogP contribution in [0, 0.1) is 10.1 Å². The van der Waals surface area contributed by atoms with Gasteiger partial charge in [-0.15, -0.1) is 0 Å². The van der Waals surface area contributed by atoms with Crippen molar-refractivity contribution in [2.24, 2.45) is 0 Å². The zero-order chi connectivity index (χ0) is 17.7. The first kappa shape index (κ1) is 16.9. The molecule has 9 heteroatoms. The second kappa shape index (κ2) is 7.18. The largest absolute Gasteiger partial charge is 0.449 e. The molecule has 0 aliphatic rings. The van der Waals surface area contributed by atoms with Gasteiger partial charge in [-0.1, -0.05) is 12.1 Å². The lowest BCUT2D eigenvalue weighted by Crippen LogP contribution is -2.31. The number of esters is 1. The van der Waals surface area contributed by atoms with Crippen molar-refractivity contribution in [3.63, 3.8) is 0 Å². The summed E-state index contributed by atoms with van der Waals surface area (Å²) in [5.41, 5.74) is -1.20. The molecule has 0 bridgehead atoms. The quantitative estimate of drug-likeness (QED) is 0.484. The number of pyridine rings is 1. The summed E-state index contributed by atoms with van der Waals surface area (Å²) >= 11 is 0. The summed E-state index contributed by atoms with van der Waals surface area (Å²) < 4.78 is 4.91. The molecule has 2 rings (SSSR count). The maximum absolute atomic E-state index is 12.0. The molecular weight excluding hydrogens is 318 g/mol. The molecule has 1 heterocycles. The van der Waals surface area contributed by atoms with Gasteiger partial charge in [0.05, 0.1) is 4.92 Å². The highest BCUT2D eigenvalue weighted by atomic mass is 16.6. The molecule has 1 aromatic heterocycles. The highest BCUT2D eigenvalue weighted by Gasteiger charge is 2.23. The zero-order valence-corrected chi connectivity index (χ0v) is 12.5. The van der Waals surface area contributed by atoms with E-state index in [-0.39, 0.29) is 16.9 Å². The Balaban J connectivity index is 2.08. The fourth-order valence-corrected chi connectivity index (χ4v) is 1.83. The number of nitro benzene ring substituents is 1. The number of benzene rings is 1. The Labute approximate surface area is 135 Å². The lowest BCUT2D eigenvalue weighted by molar-refractivity contribution is -0.383. The fraction of sp³-hybridized carbons (Fsp3) is 0.133. The van der Waals surface area contributed by atoms with E-state index in [9.17, 15) is 24.5 Å². The monoisotopic (exact) mass is 331 g/mol. The number of aromatic nitrogens is 1. The summed E-state index contributed by atoms with van der Waals surface area (Å²) in [6.45, 7) is 1.29. The minimum absolute atomic E-state index is 0.0204. The number of amides is 1. The van der Waals surface area contributed by atoms with E-state index < -0.39 is 28.5 Å². The maximum Gasteiger partial charge on any atom is 0.344 e. The van der Waals surface area contributed by atoms with Crippen LogP contribution in [0.5, 0.6) is 0 Å². The molecule has 0 saturated carbocycles. The number of aromatic amines is 1. The molecule has 124 valence electrons. The van der Waals surface area contributed by atoms with E-state index in [4.69, 9.17) is 4.74 Å². The maximum atomic E-state index is 12.0. The Morgan fingerprint density at radius 2 is 1.96 bits per heavy atom. The van der Waals surface area contributed by atoms with Gasteiger partial charge in [-0.2, -0.15) is 0 Å². The third-order valence-corrected chi connectivity index (χ3v) is 3.05. The lowest BCUT2D eigenvalue weighted by atomic mass is 10.2. The van der Waals surface area contributed by atoms with Crippen LogP contribution < -0.4 is 10.9 Å². The second-order valence-corrected chi connectivity index (χ2v) is 4.72. The van der Waals surface area contributed by atoms with Crippen LogP contribution in [0.25, 0.3) is 0 Å². The number of para-hydroxylation sites is 2. The van der Waals surface area contributed by atoms with Gasteiger partial charge >= 0.3 is 5.97 Å². The van der Waals surface area contributed by atoms with Gasteiger partial charge in [-0.25, -0.2) is 4.79 Å². The number of H-pyrrole nitrogens is 1. The number of carbonyl (C=O) groups is 2. The number of anilines is 1. The van der Waals surface area contributed by atoms with Gasteiger partial charge in [0.15, 0.2) is 6.10 Å². The summed E-state index contributed by atoms with van der Waals surface area (Å²) in [4.78, 5) is 48.0. The average molecular weight is 331 g/mol. The smallest absolute Gasteiger partial charge is 0.344 e. The Bertz CT molecular complexity index is 845. The molecule has 0 radical (unpaired) electrons.